The molecule has 0 spiro atoms. The van der Waals surface area contributed by atoms with Gasteiger partial charge in [-0.2, -0.15) is 0 Å². The smallest absolute Gasteiger partial charge is 0.240 e. The highest BCUT2D eigenvalue weighted by atomic mass is 16.5. The average molecular weight is 325 g/mol. The lowest BCUT2D eigenvalue weighted by Gasteiger charge is -2.43. The third-order valence-electron chi connectivity index (χ3n) is 4.86. The highest BCUT2D eigenvalue weighted by Crippen LogP contribution is 2.23. The van der Waals surface area contributed by atoms with E-state index < -0.39 is 0 Å². The Kier molecular flexibility index (Phi) is 6.03. The first-order chi connectivity index (χ1) is 10.8. The van der Waals surface area contributed by atoms with Gasteiger partial charge >= 0.3 is 0 Å². The molecule has 0 radical (unpaired) electrons. The molecule has 0 aromatic heterocycles. The maximum absolute atomic E-state index is 13.1. The van der Waals surface area contributed by atoms with Crippen molar-refractivity contribution in [2.75, 3.05) is 26.2 Å². The van der Waals surface area contributed by atoms with Gasteiger partial charge in [0.2, 0.25) is 11.8 Å². The molecule has 2 aliphatic heterocycles. The van der Waals surface area contributed by atoms with Crippen LogP contribution in [0.25, 0.3) is 0 Å². The van der Waals surface area contributed by atoms with Crippen LogP contribution in [0.15, 0.2) is 0 Å². The second kappa shape index (κ2) is 7.62. The third-order valence-corrected chi connectivity index (χ3v) is 4.86. The molecule has 23 heavy (non-hydrogen) atoms. The Balaban J connectivity index is 2.10. The van der Waals surface area contributed by atoms with Crippen LogP contribution in [0.2, 0.25) is 0 Å². The van der Waals surface area contributed by atoms with E-state index in [0.717, 1.165) is 32.5 Å². The van der Waals surface area contributed by atoms with Gasteiger partial charge in [-0.25, -0.2) is 0 Å². The minimum Gasteiger partial charge on any atom is -0.373 e. The Bertz CT molecular complexity index is 431. The number of hydrogen-bond donors (Lipinski definition) is 1. The fourth-order valence-corrected chi connectivity index (χ4v) is 3.90. The molecule has 0 aromatic carbocycles. The van der Waals surface area contributed by atoms with Crippen LogP contribution in [0.4, 0.5) is 0 Å². The first-order valence-electron chi connectivity index (χ1n) is 8.77. The Hall–Kier alpha value is -1.14. The van der Waals surface area contributed by atoms with Crippen LogP contribution in [-0.2, 0) is 14.3 Å². The van der Waals surface area contributed by atoms with Gasteiger partial charge in [0.15, 0.2) is 0 Å². The van der Waals surface area contributed by atoms with Crippen LogP contribution < -0.4 is 5.73 Å². The molecule has 6 heteroatoms. The van der Waals surface area contributed by atoms with E-state index in [1.165, 1.54) is 0 Å². The van der Waals surface area contributed by atoms with Crippen molar-refractivity contribution in [3.8, 4) is 0 Å². The van der Waals surface area contributed by atoms with Crippen LogP contribution in [0.1, 0.15) is 40.5 Å². The Morgan fingerprint density at radius 2 is 1.74 bits per heavy atom. The first kappa shape index (κ1) is 18.2. The average Bonchev–Trinajstić information content (AvgIpc) is 2.46. The molecule has 2 saturated heterocycles. The lowest BCUT2D eigenvalue weighted by atomic mass is 9.94. The molecule has 2 amide bonds. The number of likely N-dealkylation sites (tertiary alicyclic amines) is 1. The Morgan fingerprint density at radius 3 is 2.26 bits per heavy atom. The number of piperidine rings is 1. The van der Waals surface area contributed by atoms with Crippen LogP contribution >= 0.6 is 0 Å². The van der Waals surface area contributed by atoms with E-state index >= 15 is 0 Å². The number of nitrogens with zero attached hydrogens (tertiary/aromatic N) is 2. The molecule has 2 N–H and O–H groups in total. The molecule has 132 valence electrons. The molecular weight excluding hydrogens is 294 g/mol. The van der Waals surface area contributed by atoms with Crippen molar-refractivity contribution in [1.82, 2.24) is 9.80 Å². The van der Waals surface area contributed by atoms with Crippen LogP contribution in [-0.4, -0.2) is 66.0 Å². The SMILES string of the molecule is CC1CN(C(C(=O)N2CCCC(C(N)=O)C2)C(C)C)CC(C)O1. The largest absolute Gasteiger partial charge is 0.373 e. The van der Waals surface area contributed by atoms with Crippen molar-refractivity contribution in [2.24, 2.45) is 17.6 Å². The lowest BCUT2D eigenvalue weighted by Crippen LogP contribution is -2.59. The number of carbonyl (C=O) groups excluding carboxylic acids is 2. The summed E-state index contributed by atoms with van der Waals surface area (Å²) in [6.45, 7) is 11.0. The molecular formula is C17H31N3O3. The monoisotopic (exact) mass is 325 g/mol. The minimum atomic E-state index is -0.294. The topological polar surface area (TPSA) is 75.9 Å². The van der Waals surface area contributed by atoms with Gasteiger partial charge in [0.25, 0.3) is 0 Å². The van der Waals surface area contributed by atoms with E-state index in [0.29, 0.717) is 6.54 Å². The summed E-state index contributed by atoms with van der Waals surface area (Å²) in [6.07, 6.45) is 1.90. The molecule has 2 aliphatic rings. The van der Waals surface area contributed by atoms with Crippen molar-refractivity contribution < 1.29 is 14.3 Å². The number of carbonyl (C=O) groups is 2. The van der Waals surface area contributed by atoms with Gasteiger partial charge < -0.3 is 15.4 Å². The maximum Gasteiger partial charge on any atom is 0.240 e. The second-order valence-corrected chi connectivity index (χ2v) is 7.43. The fourth-order valence-electron chi connectivity index (χ4n) is 3.90. The van der Waals surface area contributed by atoms with Crippen LogP contribution in [0.3, 0.4) is 0 Å². The Labute approximate surface area is 139 Å². The minimum absolute atomic E-state index is 0.132. The van der Waals surface area contributed by atoms with Crippen molar-refractivity contribution in [1.29, 1.82) is 0 Å². The summed E-state index contributed by atoms with van der Waals surface area (Å²) in [5, 5.41) is 0. The molecule has 2 heterocycles. The van der Waals surface area contributed by atoms with Crippen LogP contribution in [0.5, 0.6) is 0 Å². The molecule has 0 saturated carbocycles. The quantitative estimate of drug-likeness (QED) is 0.831. The molecule has 6 nitrogen and oxygen atoms in total. The summed E-state index contributed by atoms with van der Waals surface area (Å²) in [5.74, 6) is -0.151. The van der Waals surface area contributed by atoms with Gasteiger partial charge in [-0.05, 0) is 32.6 Å². The van der Waals surface area contributed by atoms with Gasteiger partial charge in [-0.15, -0.1) is 0 Å². The molecule has 2 rings (SSSR count). The van der Waals surface area contributed by atoms with E-state index in [1.54, 1.807) is 0 Å². The number of ether oxygens (including phenoxy) is 1. The third kappa shape index (κ3) is 4.44. The van der Waals surface area contributed by atoms with Crippen molar-refractivity contribution in [2.45, 2.75) is 58.8 Å². The zero-order valence-electron chi connectivity index (χ0n) is 14.8. The summed E-state index contributed by atoms with van der Waals surface area (Å²) in [5.41, 5.74) is 5.44. The van der Waals surface area contributed by atoms with E-state index in [4.69, 9.17) is 10.5 Å². The molecule has 2 fully saturated rings. The zero-order valence-corrected chi connectivity index (χ0v) is 14.8. The number of nitrogens with two attached hydrogens (primary N) is 1. The standard InChI is InChI=1S/C17H31N3O3/c1-11(2)15(20-8-12(3)23-13(4)9-20)17(22)19-7-5-6-14(10-19)16(18)21/h11-15H,5-10H2,1-4H3,(H2,18,21). The number of rotatable bonds is 4. The number of amides is 2. The lowest BCUT2D eigenvalue weighted by molar-refractivity contribution is -0.147. The van der Waals surface area contributed by atoms with Crippen molar-refractivity contribution in [3.05, 3.63) is 0 Å². The molecule has 0 aliphatic carbocycles. The van der Waals surface area contributed by atoms with Gasteiger partial charge in [0.05, 0.1) is 24.2 Å². The van der Waals surface area contributed by atoms with E-state index in [1.807, 2.05) is 4.90 Å². The van der Waals surface area contributed by atoms with Gasteiger partial charge in [0, 0.05) is 26.2 Å². The van der Waals surface area contributed by atoms with Gasteiger partial charge in [0.1, 0.15) is 0 Å². The Morgan fingerprint density at radius 1 is 1.13 bits per heavy atom. The number of hydrogen-bond acceptors (Lipinski definition) is 4. The maximum atomic E-state index is 13.1. The summed E-state index contributed by atoms with van der Waals surface area (Å²) in [6, 6.07) is -0.157. The highest BCUT2D eigenvalue weighted by Gasteiger charge is 2.38. The number of primary amides is 1. The van der Waals surface area contributed by atoms with Gasteiger partial charge in [-0.3, -0.25) is 14.5 Å². The van der Waals surface area contributed by atoms with Crippen LogP contribution in [0, 0.1) is 11.8 Å². The van der Waals surface area contributed by atoms with Gasteiger partial charge in [-0.1, -0.05) is 13.8 Å². The first-order valence-corrected chi connectivity index (χ1v) is 8.77. The van der Waals surface area contributed by atoms with Crippen molar-refractivity contribution >= 4 is 11.8 Å². The predicted octanol–water partition coefficient (Wildman–Crippen LogP) is 0.844. The summed E-state index contributed by atoms with van der Waals surface area (Å²) in [4.78, 5) is 28.7. The normalized spacial score (nSPS) is 31.2. The van der Waals surface area contributed by atoms with E-state index in [2.05, 4.69) is 32.6 Å². The predicted molar refractivity (Wildman–Crippen MR) is 88.7 cm³/mol. The van der Waals surface area contributed by atoms with E-state index in [9.17, 15) is 9.59 Å². The van der Waals surface area contributed by atoms with E-state index in [-0.39, 0.29) is 41.9 Å². The summed E-state index contributed by atoms with van der Waals surface area (Å²) in [7, 11) is 0. The molecule has 4 atom stereocenters. The molecule has 4 unspecified atom stereocenters. The summed E-state index contributed by atoms with van der Waals surface area (Å²) >= 11 is 0. The molecule has 0 bridgehead atoms. The highest BCUT2D eigenvalue weighted by molar-refractivity contribution is 5.84. The molecule has 0 aromatic rings. The fraction of sp³-hybridized carbons (Fsp3) is 0.882. The zero-order chi connectivity index (χ0) is 17.1. The second-order valence-electron chi connectivity index (χ2n) is 7.43. The van der Waals surface area contributed by atoms with Crippen molar-refractivity contribution in [3.63, 3.8) is 0 Å². The summed E-state index contributed by atoms with van der Waals surface area (Å²) < 4.78 is 5.79. The number of morpholine rings is 1.